The van der Waals surface area contributed by atoms with Crippen LogP contribution in [0.5, 0.6) is 0 Å². The van der Waals surface area contributed by atoms with E-state index in [2.05, 4.69) is 15.4 Å². The molecular weight excluding hydrogens is 352 g/mol. The zero-order chi connectivity index (χ0) is 20.7. The van der Waals surface area contributed by atoms with Crippen molar-refractivity contribution < 1.29 is 23.9 Å². The molecule has 4 N–H and O–H groups in total. The lowest BCUT2D eigenvalue weighted by molar-refractivity contribution is -0.146. The van der Waals surface area contributed by atoms with Gasteiger partial charge < -0.3 is 26.0 Å². The van der Waals surface area contributed by atoms with E-state index in [1.54, 1.807) is 13.8 Å². The van der Waals surface area contributed by atoms with Gasteiger partial charge in [0.2, 0.25) is 17.7 Å². The fourth-order valence-electron chi connectivity index (χ4n) is 2.91. The van der Waals surface area contributed by atoms with Gasteiger partial charge in [0, 0.05) is 6.54 Å². The average Bonchev–Trinajstić information content (AvgIpc) is 3.11. The van der Waals surface area contributed by atoms with E-state index in [0.29, 0.717) is 19.4 Å². The van der Waals surface area contributed by atoms with Gasteiger partial charge in [-0.3, -0.25) is 14.4 Å². The van der Waals surface area contributed by atoms with Gasteiger partial charge in [-0.05, 0) is 24.7 Å². The van der Waals surface area contributed by atoms with Gasteiger partial charge in [0.05, 0.1) is 19.7 Å². The lowest BCUT2D eigenvalue weighted by Gasteiger charge is -2.28. The SMILES string of the molecule is COC(=O)C(NC(=O)CNC(=O)C1CCCN1C(=O)C(N)C(C)C)C(C)C. The van der Waals surface area contributed by atoms with Crippen LogP contribution < -0.4 is 16.4 Å². The molecule has 3 atom stereocenters. The minimum Gasteiger partial charge on any atom is -0.467 e. The maximum atomic E-state index is 12.5. The molecule has 3 unspecified atom stereocenters. The molecule has 0 aromatic rings. The van der Waals surface area contributed by atoms with Gasteiger partial charge >= 0.3 is 5.97 Å². The molecule has 0 bridgehead atoms. The van der Waals surface area contributed by atoms with Gasteiger partial charge in [-0.2, -0.15) is 0 Å². The molecule has 1 fully saturated rings. The van der Waals surface area contributed by atoms with E-state index in [4.69, 9.17) is 5.73 Å². The summed E-state index contributed by atoms with van der Waals surface area (Å²) in [6.45, 7) is 7.45. The molecule has 1 saturated heterocycles. The number of esters is 1. The molecule has 0 spiro atoms. The monoisotopic (exact) mass is 384 g/mol. The van der Waals surface area contributed by atoms with Crippen molar-refractivity contribution in [2.45, 2.75) is 58.7 Å². The largest absolute Gasteiger partial charge is 0.467 e. The van der Waals surface area contributed by atoms with Crippen LogP contribution in [-0.2, 0) is 23.9 Å². The third-order valence-corrected chi connectivity index (χ3v) is 4.70. The summed E-state index contributed by atoms with van der Waals surface area (Å²) in [5, 5.41) is 5.09. The Morgan fingerprint density at radius 1 is 1.15 bits per heavy atom. The van der Waals surface area contributed by atoms with Crippen LogP contribution >= 0.6 is 0 Å². The predicted molar refractivity (Wildman–Crippen MR) is 99.3 cm³/mol. The number of ether oxygens (including phenoxy) is 1. The second-order valence-electron chi connectivity index (χ2n) is 7.49. The number of likely N-dealkylation sites (tertiary alicyclic amines) is 1. The number of carbonyl (C=O) groups excluding carboxylic acids is 4. The summed E-state index contributed by atoms with van der Waals surface area (Å²) in [6, 6.07) is -2.07. The minimum atomic E-state index is -0.784. The average molecular weight is 384 g/mol. The van der Waals surface area contributed by atoms with Crippen LogP contribution in [0.15, 0.2) is 0 Å². The fraction of sp³-hybridized carbons (Fsp3) is 0.778. The maximum absolute atomic E-state index is 12.5. The molecule has 154 valence electrons. The maximum Gasteiger partial charge on any atom is 0.328 e. The molecule has 0 radical (unpaired) electrons. The number of nitrogens with two attached hydrogens (primary N) is 1. The summed E-state index contributed by atoms with van der Waals surface area (Å²) in [6.07, 6.45) is 1.24. The molecule has 27 heavy (non-hydrogen) atoms. The first-order valence-corrected chi connectivity index (χ1v) is 9.31. The number of carbonyl (C=O) groups is 4. The topological polar surface area (TPSA) is 131 Å². The first-order valence-electron chi connectivity index (χ1n) is 9.31. The summed E-state index contributed by atoms with van der Waals surface area (Å²) < 4.78 is 4.67. The van der Waals surface area contributed by atoms with Crippen LogP contribution in [0.25, 0.3) is 0 Å². The Hall–Kier alpha value is -2.16. The quantitative estimate of drug-likeness (QED) is 0.479. The highest BCUT2D eigenvalue weighted by molar-refractivity contribution is 5.93. The van der Waals surface area contributed by atoms with Crippen LogP contribution in [0.2, 0.25) is 0 Å². The number of nitrogens with one attached hydrogen (secondary N) is 2. The van der Waals surface area contributed by atoms with Gasteiger partial charge in [0.1, 0.15) is 12.1 Å². The molecule has 0 aromatic heterocycles. The Morgan fingerprint density at radius 3 is 2.30 bits per heavy atom. The number of amides is 3. The van der Waals surface area contributed by atoms with E-state index in [-0.39, 0.29) is 24.3 Å². The van der Waals surface area contributed by atoms with Crippen LogP contribution in [0, 0.1) is 11.8 Å². The number of methoxy groups -OCH3 is 1. The highest BCUT2D eigenvalue weighted by Gasteiger charge is 2.37. The van der Waals surface area contributed by atoms with Crippen molar-refractivity contribution in [3.05, 3.63) is 0 Å². The zero-order valence-corrected chi connectivity index (χ0v) is 16.8. The first-order chi connectivity index (χ1) is 12.6. The zero-order valence-electron chi connectivity index (χ0n) is 16.8. The van der Waals surface area contributed by atoms with E-state index < -0.39 is 35.9 Å². The summed E-state index contributed by atoms with van der Waals surface area (Å²) in [4.78, 5) is 50.2. The van der Waals surface area contributed by atoms with Crippen molar-refractivity contribution >= 4 is 23.7 Å². The second kappa shape index (κ2) is 10.2. The molecule has 1 aliphatic rings. The highest BCUT2D eigenvalue weighted by Crippen LogP contribution is 2.19. The van der Waals surface area contributed by atoms with Crippen molar-refractivity contribution in [3.8, 4) is 0 Å². The van der Waals surface area contributed by atoms with Crippen LogP contribution in [0.3, 0.4) is 0 Å². The Bertz CT molecular complexity index is 564. The van der Waals surface area contributed by atoms with Gasteiger partial charge in [-0.15, -0.1) is 0 Å². The van der Waals surface area contributed by atoms with Crippen molar-refractivity contribution in [2.75, 3.05) is 20.2 Å². The van der Waals surface area contributed by atoms with Crippen molar-refractivity contribution in [1.82, 2.24) is 15.5 Å². The molecule has 3 amide bonds. The lowest BCUT2D eigenvalue weighted by Crippen LogP contribution is -2.54. The number of hydrogen-bond donors (Lipinski definition) is 3. The van der Waals surface area contributed by atoms with Gasteiger partial charge in [-0.1, -0.05) is 27.7 Å². The normalized spacial score (nSPS) is 19.0. The van der Waals surface area contributed by atoms with Gasteiger partial charge in [0.15, 0.2) is 0 Å². The summed E-state index contributed by atoms with van der Waals surface area (Å²) >= 11 is 0. The molecule has 0 aliphatic carbocycles. The molecule has 9 nitrogen and oxygen atoms in total. The molecule has 0 saturated carbocycles. The summed E-state index contributed by atoms with van der Waals surface area (Å²) in [5.41, 5.74) is 5.92. The summed E-state index contributed by atoms with van der Waals surface area (Å²) in [7, 11) is 1.25. The molecular formula is C18H32N4O5. The van der Waals surface area contributed by atoms with E-state index >= 15 is 0 Å². The third-order valence-electron chi connectivity index (χ3n) is 4.70. The van der Waals surface area contributed by atoms with Crippen molar-refractivity contribution in [2.24, 2.45) is 17.6 Å². The second-order valence-corrected chi connectivity index (χ2v) is 7.49. The molecule has 1 rings (SSSR count). The minimum absolute atomic E-state index is 0.0288. The standard InChI is InChI=1S/C18H32N4O5/c1-10(2)14(19)17(25)22-8-6-7-12(22)16(24)20-9-13(23)21-15(11(3)4)18(26)27-5/h10-12,14-15H,6-9,19H2,1-5H3,(H,20,24)(H,21,23). The number of nitrogens with zero attached hydrogens (tertiary/aromatic N) is 1. The highest BCUT2D eigenvalue weighted by atomic mass is 16.5. The van der Waals surface area contributed by atoms with E-state index in [1.165, 1.54) is 12.0 Å². The summed E-state index contributed by atoms with van der Waals surface area (Å²) in [5.74, 6) is -1.87. The van der Waals surface area contributed by atoms with Crippen molar-refractivity contribution in [1.29, 1.82) is 0 Å². The van der Waals surface area contributed by atoms with Crippen LogP contribution in [0.1, 0.15) is 40.5 Å². The number of hydrogen-bond acceptors (Lipinski definition) is 6. The van der Waals surface area contributed by atoms with Crippen LogP contribution in [0.4, 0.5) is 0 Å². The van der Waals surface area contributed by atoms with E-state index in [0.717, 1.165) is 0 Å². The molecule has 1 aliphatic heterocycles. The van der Waals surface area contributed by atoms with E-state index in [1.807, 2.05) is 13.8 Å². The van der Waals surface area contributed by atoms with Gasteiger partial charge in [0.25, 0.3) is 0 Å². The molecule has 0 aromatic carbocycles. The Morgan fingerprint density at radius 2 is 1.78 bits per heavy atom. The Kier molecular flexibility index (Phi) is 8.68. The van der Waals surface area contributed by atoms with Gasteiger partial charge in [-0.25, -0.2) is 4.79 Å². The fourth-order valence-corrected chi connectivity index (χ4v) is 2.91. The number of rotatable bonds is 8. The van der Waals surface area contributed by atoms with E-state index in [9.17, 15) is 19.2 Å². The van der Waals surface area contributed by atoms with Crippen molar-refractivity contribution in [3.63, 3.8) is 0 Å². The molecule has 1 heterocycles. The Labute approximate surface area is 160 Å². The first kappa shape index (κ1) is 22.9. The lowest BCUT2D eigenvalue weighted by atomic mass is 10.0. The van der Waals surface area contributed by atoms with Crippen LogP contribution in [-0.4, -0.2) is 66.9 Å². The predicted octanol–water partition coefficient (Wildman–Crippen LogP) is -0.609. The smallest absolute Gasteiger partial charge is 0.328 e. The molecule has 9 heteroatoms. The third kappa shape index (κ3) is 6.20. The Balaban J connectivity index is 2.61.